The van der Waals surface area contributed by atoms with Crippen molar-refractivity contribution in [2.75, 3.05) is 0 Å². The van der Waals surface area contributed by atoms with Gasteiger partial charge in [0.05, 0.1) is 5.56 Å². The van der Waals surface area contributed by atoms with Gasteiger partial charge in [0.1, 0.15) is 11.3 Å². The van der Waals surface area contributed by atoms with Crippen molar-refractivity contribution in [2.45, 2.75) is 19.4 Å². The van der Waals surface area contributed by atoms with Gasteiger partial charge in [0, 0.05) is 11.3 Å². The lowest BCUT2D eigenvalue weighted by Crippen LogP contribution is -2.15. The van der Waals surface area contributed by atoms with Crippen LogP contribution >= 0.6 is 0 Å². The first-order valence-electron chi connectivity index (χ1n) is 5.25. The Labute approximate surface area is 98.9 Å². The van der Waals surface area contributed by atoms with Crippen molar-refractivity contribution in [2.24, 2.45) is 4.99 Å². The molecule has 0 aromatic heterocycles. The summed E-state index contributed by atoms with van der Waals surface area (Å²) in [5.41, 5.74) is 0.824. The zero-order valence-corrected chi connectivity index (χ0v) is 9.64. The summed E-state index contributed by atoms with van der Waals surface area (Å²) >= 11 is 0. The number of allylic oxidation sites excluding steroid dienone is 1. The molecule has 0 bridgehead atoms. The first-order valence-corrected chi connectivity index (χ1v) is 5.25. The van der Waals surface area contributed by atoms with Crippen molar-refractivity contribution in [3.05, 3.63) is 41.5 Å². The van der Waals surface area contributed by atoms with E-state index in [1.54, 1.807) is 0 Å². The highest BCUT2D eigenvalue weighted by Crippen LogP contribution is 2.37. The van der Waals surface area contributed by atoms with Crippen molar-refractivity contribution < 1.29 is 15.0 Å². The van der Waals surface area contributed by atoms with Crippen molar-refractivity contribution in [1.29, 1.82) is 0 Å². The van der Waals surface area contributed by atoms with Crippen LogP contribution in [-0.2, 0) is 5.54 Å². The lowest BCUT2D eigenvalue weighted by molar-refractivity contribution is 0.0696. The number of phenols is 1. The molecular weight excluding hydrogens is 218 g/mol. The number of phenolic OH excluding ortho intramolecular Hbond substituents is 1. The first kappa shape index (κ1) is 11.4. The van der Waals surface area contributed by atoms with Gasteiger partial charge in [-0.05, 0) is 38.1 Å². The van der Waals surface area contributed by atoms with Gasteiger partial charge in [0.2, 0.25) is 0 Å². The van der Waals surface area contributed by atoms with Crippen LogP contribution < -0.4 is 0 Å². The van der Waals surface area contributed by atoms with Crippen LogP contribution in [0.1, 0.15) is 29.8 Å². The number of aromatic carboxylic acids is 1. The fourth-order valence-electron chi connectivity index (χ4n) is 1.95. The van der Waals surface area contributed by atoms with E-state index in [1.807, 2.05) is 26.0 Å². The van der Waals surface area contributed by atoms with Gasteiger partial charge in [-0.1, -0.05) is 6.08 Å². The predicted molar refractivity (Wildman–Crippen MR) is 64.7 cm³/mol. The van der Waals surface area contributed by atoms with E-state index in [4.69, 9.17) is 5.11 Å². The van der Waals surface area contributed by atoms with Crippen molar-refractivity contribution in [3.8, 4) is 5.75 Å². The molecule has 1 aliphatic rings. The summed E-state index contributed by atoms with van der Waals surface area (Å²) in [4.78, 5) is 15.3. The second kappa shape index (κ2) is 3.73. The van der Waals surface area contributed by atoms with Crippen LogP contribution in [0.25, 0.3) is 0 Å². The number of aliphatic imine (C=N–C) groups is 1. The summed E-state index contributed by atoms with van der Waals surface area (Å²) in [6, 6.07) is 4.23. The van der Waals surface area contributed by atoms with Gasteiger partial charge in [-0.25, -0.2) is 4.79 Å². The largest absolute Gasteiger partial charge is 0.508 e. The van der Waals surface area contributed by atoms with Crippen LogP contribution in [-0.4, -0.2) is 21.9 Å². The monoisotopic (exact) mass is 231 g/mol. The number of benzene rings is 1. The molecule has 1 atom stereocenters. The highest BCUT2D eigenvalue weighted by molar-refractivity contribution is 5.96. The summed E-state index contributed by atoms with van der Waals surface area (Å²) in [6.07, 6.45) is 3.70. The average Bonchev–Trinajstić information content (AvgIpc) is 2.60. The Morgan fingerprint density at radius 2 is 2.12 bits per heavy atom. The van der Waals surface area contributed by atoms with E-state index < -0.39 is 11.5 Å². The summed E-state index contributed by atoms with van der Waals surface area (Å²) in [5, 5.41) is 18.8. The fraction of sp³-hybridized carbons (Fsp3) is 0.231. The van der Waals surface area contributed by atoms with E-state index in [0.29, 0.717) is 5.56 Å². The Morgan fingerprint density at radius 3 is 2.65 bits per heavy atom. The maximum absolute atomic E-state index is 10.9. The van der Waals surface area contributed by atoms with Crippen LogP contribution in [0.2, 0.25) is 0 Å². The molecule has 1 aromatic rings. The zero-order chi connectivity index (χ0) is 12.6. The number of carboxylic acids is 1. The summed E-state index contributed by atoms with van der Waals surface area (Å²) in [7, 11) is 0. The number of carbonyl (C=O) groups is 1. The molecule has 88 valence electrons. The normalized spacial score (nSPS) is 22.6. The molecular formula is C13H13NO3. The molecule has 4 nitrogen and oxygen atoms in total. The molecule has 0 aliphatic carbocycles. The molecule has 17 heavy (non-hydrogen) atoms. The third-order valence-corrected chi connectivity index (χ3v) is 2.85. The Balaban J connectivity index is 2.56. The lowest BCUT2D eigenvalue weighted by Gasteiger charge is -2.20. The molecule has 4 heteroatoms. The Morgan fingerprint density at radius 1 is 1.41 bits per heavy atom. The SMILES string of the molecule is CC1=NC(C)(c2cc(C(=O)O)ccc2O)C=C1. The minimum absolute atomic E-state index is 0.0561. The molecule has 1 aromatic carbocycles. The smallest absolute Gasteiger partial charge is 0.335 e. The van der Waals surface area contributed by atoms with E-state index in [2.05, 4.69) is 4.99 Å². The average molecular weight is 231 g/mol. The number of rotatable bonds is 2. The quantitative estimate of drug-likeness (QED) is 0.820. The lowest BCUT2D eigenvalue weighted by atomic mass is 9.91. The summed E-state index contributed by atoms with van der Waals surface area (Å²) in [5.74, 6) is -0.960. The summed E-state index contributed by atoms with van der Waals surface area (Å²) < 4.78 is 0. The minimum atomic E-state index is -1.02. The number of nitrogens with zero attached hydrogens (tertiary/aromatic N) is 1. The third-order valence-electron chi connectivity index (χ3n) is 2.85. The molecule has 1 unspecified atom stereocenters. The molecule has 0 spiro atoms. The van der Waals surface area contributed by atoms with Crippen LogP contribution in [0.5, 0.6) is 5.75 Å². The van der Waals surface area contributed by atoms with E-state index in [-0.39, 0.29) is 11.3 Å². The van der Waals surface area contributed by atoms with Gasteiger partial charge < -0.3 is 10.2 Å². The van der Waals surface area contributed by atoms with Crippen molar-refractivity contribution in [3.63, 3.8) is 0 Å². The van der Waals surface area contributed by atoms with Crippen LogP contribution in [0.15, 0.2) is 35.3 Å². The Bertz CT molecular complexity index is 546. The van der Waals surface area contributed by atoms with E-state index >= 15 is 0 Å². The second-order valence-corrected chi connectivity index (χ2v) is 4.27. The first-order chi connectivity index (χ1) is 7.92. The van der Waals surface area contributed by atoms with E-state index in [1.165, 1.54) is 18.2 Å². The third kappa shape index (κ3) is 1.93. The molecule has 2 rings (SSSR count). The van der Waals surface area contributed by atoms with Crippen LogP contribution in [0, 0.1) is 0 Å². The fourth-order valence-corrected chi connectivity index (χ4v) is 1.95. The number of hydrogen-bond donors (Lipinski definition) is 2. The highest BCUT2D eigenvalue weighted by atomic mass is 16.4. The maximum Gasteiger partial charge on any atom is 0.335 e. The predicted octanol–water partition coefficient (Wildman–Crippen LogP) is 2.34. The van der Waals surface area contributed by atoms with Gasteiger partial charge in [-0.15, -0.1) is 0 Å². The van der Waals surface area contributed by atoms with Gasteiger partial charge in [0.25, 0.3) is 0 Å². The Hall–Kier alpha value is -2.10. The maximum atomic E-state index is 10.9. The van der Waals surface area contributed by atoms with Gasteiger partial charge in [0.15, 0.2) is 0 Å². The van der Waals surface area contributed by atoms with Crippen molar-refractivity contribution in [1.82, 2.24) is 0 Å². The number of aromatic hydroxyl groups is 1. The van der Waals surface area contributed by atoms with Crippen molar-refractivity contribution >= 4 is 11.7 Å². The number of hydrogen-bond acceptors (Lipinski definition) is 3. The van der Waals surface area contributed by atoms with Gasteiger partial charge in [-0.3, -0.25) is 4.99 Å². The summed E-state index contributed by atoms with van der Waals surface area (Å²) in [6.45, 7) is 3.69. The molecule has 1 aliphatic heterocycles. The highest BCUT2D eigenvalue weighted by Gasteiger charge is 2.29. The molecule has 0 radical (unpaired) electrons. The molecule has 0 saturated carbocycles. The van der Waals surface area contributed by atoms with Gasteiger partial charge in [-0.2, -0.15) is 0 Å². The minimum Gasteiger partial charge on any atom is -0.508 e. The molecule has 2 N–H and O–H groups in total. The zero-order valence-electron chi connectivity index (χ0n) is 9.64. The van der Waals surface area contributed by atoms with E-state index in [0.717, 1.165) is 5.71 Å². The van der Waals surface area contributed by atoms with Gasteiger partial charge >= 0.3 is 5.97 Å². The standard InChI is InChI=1S/C13H13NO3/c1-8-5-6-13(2,14-8)10-7-9(12(16)17)3-4-11(10)15/h3-7,15H,1-2H3,(H,16,17). The van der Waals surface area contributed by atoms with Crippen LogP contribution in [0.3, 0.4) is 0 Å². The number of carboxylic acid groups (broad SMARTS) is 1. The van der Waals surface area contributed by atoms with Crippen LogP contribution in [0.4, 0.5) is 0 Å². The van der Waals surface area contributed by atoms with E-state index in [9.17, 15) is 9.90 Å². The molecule has 0 saturated heterocycles. The Kier molecular flexibility index (Phi) is 2.50. The topological polar surface area (TPSA) is 69.9 Å². The molecule has 1 heterocycles. The molecule has 0 fully saturated rings. The molecule has 0 amide bonds. The second-order valence-electron chi connectivity index (χ2n) is 4.27.